The van der Waals surface area contributed by atoms with E-state index in [-0.39, 0.29) is 0 Å². The smallest absolute Gasteiger partial charge is 0.164 e. The Morgan fingerprint density at radius 3 is 1.24 bits per heavy atom. The Labute approximate surface area is 287 Å². The molecule has 3 nitrogen and oxygen atoms in total. The zero-order valence-corrected chi connectivity index (χ0v) is 28.4. The molecule has 49 heavy (non-hydrogen) atoms. The van der Waals surface area contributed by atoms with Gasteiger partial charge >= 0.3 is 0 Å². The molecule has 2 heterocycles. The van der Waals surface area contributed by atoms with Crippen LogP contribution in [0.25, 0.3) is 78.3 Å². The first kappa shape index (κ1) is 29.2. The van der Waals surface area contributed by atoms with Crippen molar-refractivity contribution in [3.8, 4) is 67.5 Å². The average molecular weight is 644 g/mol. The van der Waals surface area contributed by atoms with Crippen molar-refractivity contribution < 1.29 is 0 Å². The highest BCUT2D eigenvalue weighted by Crippen LogP contribution is 2.34. The van der Waals surface area contributed by atoms with Gasteiger partial charge in [-0.3, -0.25) is 0 Å². The van der Waals surface area contributed by atoms with Crippen LogP contribution in [0.2, 0.25) is 13.1 Å². The third-order valence-corrected chi connectivity index (χ3v) is 13.5. The quantitative estimate of drug-likeness (QED) is 0.175. The van der Waals surface area contributed by atoms with Gasteiger partial charge in [0.25, 0.3) is 0 Å². The van der Waals surface area contributed by atoms with Crippen LogP contribution < -0.4 is 10.4 Å². The van der Waals surface area contributed by atoms with Crippen LogP contribution in [0.1, 0.15) is 0 Å². The van der Waals surface area contributed by atoms with Crippen LogP contribution in [0.3, 0.4) is 0 Å². The van der Waals surface area contributed by atoms with Gasteiger partial charge in [-0.05, 0) is 60.6 Å². The fraction of sp³-hybridized carbons (Fsp3) is 0.0444. The van der Waals surface area contributed by atoms with Crippen molar-refractivity contribution in [2.75, 3.05) is 0 Å². The standard InChI is InChI=1S/C45H33N3Si/c1-49(2)41-29-38(25-26-39(41)40-27-36-15-9-10-16-37(36)28-42(40)49)45-47-43(34-21-17-32(18-22-34)30-11-5-3-6-12-30)46-44(48-45)35-23-19-33(20-24-35)31-13-7-4-8-14-31/h3-29H,1-2H3. The molecule has 232 valence electrons. The third kappa shape index (κ3) is 5.18. The van der Waals surface area contributed by atoms with Crippen molar-refractivity contribution in [1.82, 2.24) is 15.0 Å². The molecule has 7 aromatic carbocycles. The fourth-order valence-electron chi connectivity index (χ4n) is 7.21. The van der Waals surface area contributed by atoms with E-state index >= 15 is 0 Å². The molecule has 0 radical (unpaired) electrons. The fourth-order valence-corrected chi connectivity index (χ4v) is 10.3. The van der Waals surface area contributed by atoms with E-state index in [0.717, 1.165) is 27.8 Å². The summed E-state index contributed by atoms with van der Waals surface area (Å²) in [5.74, 6) is 2.02. The summed E-state index contributed by atoms with van der Waals surface area (Å²) in [6.45, 7) is 4.92. The zero-order valence-electron chi connectivity index (χ0n) is 27.4. The molecule has 1 aliphatic heterocycles. The predicted octanol–water partition coefficient (Wildman–Crippen LogP) is 10.2. The Morgan fingerprint density at radius 2 is 0.714 bits per heavy atom. The second-order valence-electron chi connectivity index (χ2n) is 13.3. The van der Waals surface area contributed by atoms with Crippen molar-refractivity contribution in [2.45, 2.75) is 13.1 Å². The van der Waals surface area contributed by atoms with E-state index in [2.05, 4.69) is 165 Å². The molecule has 9 rings (SSSR count). The molecule has 1 aromatic heterocycles. The van der Waals surface area contributed by atoms with Gasteiger partial charge in [-0.15, -0.1) is 0 Å². The number of hydrogen-bond acceptors (Lipinski definition) is 3. The van der Waals surface area contributed by atoms with Crippen LogP contribution in [0.4, 0.5) is 0 Å². The Bertz CT molecular complexity index is 2390. The van der Waals surface area contributed by atoms with Crippen LogP contribution >= 0.6 is 0 Å². The SMILES string of the molecule is C[Si]1(C)c2cc(-c3nc(-c4ccc(-c5ccccc5)cc4)nc(-c4ccc(-c5ccccc5)cc4)n3)ccc2-c2cc3ccccc3cc21. The first-order valence-electron chi connectivity index (χ1n) is 16.8. The van der Waals surface area contributed by atoms with Gasteiger partial charge in [-0.1, -0.05) is 171 Å². The Balaban J connectivity index is 1.16. The van der Waals surface area contributed by atoms with Crippen LogP contribution in [0, 0.1) is 0 Å². The number of nitrogens with zero attached hydrogens (tertiary/aromatic N) is 3. The molecule has 0 spiro atoms. The van der Waals surface area contributed by atoms with Gasteiger partial charge in [0.2, 0.25) is 0 Å². The summed E-state index contributed by atoms with van der Waals surface area (Å²) in [5.41, 5.74) is 10.3. The second-order valence-corrected chi connectivity index (χ2v) is 17.7. The Morgan fingerprint density at radius 1 is 0.327 bits per heavy atom. The van der Waals surface area contributed by atoms with Gasteiger partial charge in [0, 0.05) is 16.7 Å². The molecule has 0 amide bonds. The molecule has 4 heteroatoms. The van der Waals surface area contributed by atoms with Crippen molar-refractivity contribution in [3.63, 3.8) is 0 Å². The molecular weight excluding hydrogens is 611 g/mol. The van der Waals surface area contributed by atoms with Crippen LogP contribution in [0.15, 0.2) is 164 Å². The van der Waals surface area contributed by atoms with Crippen molar-refractivity contribution >= 4 is 29.2 Å². The maximum Gasteiger partial charge on any atom is 0.164 e. The van der Waals surface area contributed by atoms with Gasteiger partial charge in [0.1, 0.15) is 8.07 Å². The number of fused-ring (bicyclic) bond motifs is 4. The lowest BCUT2D eigenvalue weighted by molar-refractivity contribution is 1.07. The van der Waals surface area contributed by atoms with Crippen molar-refractivity contribution in [1.29, 1.82) is 0 Å². The highest BCUT2D eigenvalue weighted by atomic mass is 28.3. The van der Waals surface area contributed by atoms with Crippen LogP contribution in [-0.2, 0) is 0 Å². The minimum Gasteiger partial charge on any atom is -0.208 e. The predicted molar refractivity (Wildman–Crippen MR) is 207 cm³/mol. The Hall–Kier alpha value is -5.97. The lowest BCUT2D eigenvalue weighted by Crippen LogP contribution is -2.49. The van der Waals surface area contributed by atoms with Gasteiger partial charge < -0.3 is 0 Å². The first-order chi connectivity index (χ1) is 24.0. The number of benzene rings is 7. The molecule has 0 bridgehead atoms. The van der Waals surface area contributed by atoms with E-state index < -0.39 is 8.07 Å². The summed E-state index contributed by atoms with van der Waals surface area (Å²) in [6, 6.07) is 58.2. The minimum absolute atomic E-state index is 0.665. The van der Waals surface area contributed by atoms with E-state index in [0.29, 0.717) is 17.5 Å². The summed E-state index contributed by atoms with van der Waals surface area (Å²) in [5, 5.41) is 5.51. The molecule has 8 aromatic rings. The molecule has 0 N–H and O–H groups in total. The largest absolute Gasteiger partial charge is 0.208 e. The molecule has 0 fully saturated rings. The van der Waals surface area contributed by atoms with Crippen LogP contribution in [0.5, 0.6) is 0 Å². The maximum absolute atomic E-state index is 5.13. The molecule has 0 saturated heterocycles. The molecular formula is C45H33N3Si. The topological polar surface area (TPSA) is 38.7 Å². The molecule has 0 unspecified atom stereocenters. The lowest BCUT2D eigenvalue weighted by atomic mass is 10.00. The maximum atomic E-state index is 5.13. The second kappa shape index (κ2) is 11.6. The normalized spacial score (nSPS) is 12.9. The summed E-state index contributed by atoms with van der Waals surface area (Å²) < 4.78 is 0. The highest BCUT2D eigenvalue weighted by molar-refractivity contribution is 7.04. The molecule has 0 aliphatic carbocycles. The average Bonchev–Trinajstić information content (AvgIpc) is 3.39. The van der Waals surface area contributed by atoms with Gasteiger partial charge in [-0.25, -0.2) is 15.0 Å². The summed E-state index contributed by atoms with van der Waals surface area (Å²) >= 11 is 0. The Kier molecular flexibility index (Phi) is 6.92. The summed E-state index contributed by atoms with van der Waals surface area (Å²) in [6.07, 6.45) is 0. The minimum atomic E-state index is -1.97. The summed E-state index contributed by atoms with van der Waals surface area (Å²) in [4.78, 5) is 15.3. The van der Waals surface area contributed by atoms with Crippen LogP contribution in [-0.4, -0.2) is 23.0 Å². The summed E-state index contributed by atoms with van der Waals surface area (Å²) in [7, 11) is -1.97. The van der Waals surface area contributed by atoms with Gasteiger partial charge in [-0.2, -0.15) is 0 Å². The monoisotopic (exact) mass is 643 g/mol. The van der Waals surface area contributed by atoms with Crippen molar-refractivity contribution in [3.05, 3.63) is 164 Å². The van der Waals surface area contributed by atoms with E-state index in [1.54, 1.807) is 0 Å². The first-order valence-corrected chi connectivity index (χ1v) is 19.8. The van der Waals surface area contributed by atoms with E-state index in [1.165, 1.54) is 43.4 Å². The molecule has 1 aliphatic rings. The number of hydrogen-bond donors (Lipinski definition) is 0. The van der Waals surface area contributed by atoms with E-state index in [4.69, 9.17) is 15.0 Å². The highest BCUT2D eigenvalue weighted by Gasteiger charge is 2.38. The van der Waals surface area contributed by atoms with E-state index in [9.17, 15) is 0 Å². The van der Waals surface area contributed by atoms with Gasteiger partial charge in [0.15, 0.2) is 17.5 Å². The van der Waals surface area contributed by atoms with Gasteiger partial charge in [0.05, 0.1) is 0 Å². The molecule has 0 atom stereocenters. The lowest BCUT2D eigenvalue weighted by Gasteiger charge is -2.19. The third-order valence-electron chi connectivity index (χ3n) is 9.94. The number of aromatic nitrogens is 3. The molecule has 0 saturated carbocycles. The van der Waals surface area contributed by atoms with E-state index in [1.807, 2.05) is 12.1 Å². The zero-order chi connectivity index (χ0) is 33.0. The number of rotatable bonds is 5. The van der Waals surface area contributed by atoms with Crippen molar-refractivity contribution in [2.24, 2.45) is 0 Å².